The van der Waals surface area contributed by atoms with E-state index in [9.17, 15) is 14.9 Å². The van der Waals surface area contributed by atoms with Crippen molar-refractivity contribution in [3.63, 3.8) is 0 Å². The van der Waals surface area contributed by atoms with Crippen LogP contribution in [0, 0.1) is 10.1 Å². The summed E-state index contributed by atoms with van der Waals surface area (Å²) in [4.78, 5) is 20.8. The summed E-state index contributed by atoms with van der Waals surface area (Å²) in [5.41, 5.74) is 0.186. The van der Waals surface area contributed by atoms with Crippen molar-refractivity contribution >= 4 is 17.7 Å². The van der Waals surface area contributed by atoms with Crippen LogP contribution < -0.4 is 4.74 Å². The third kappa shape index (κ3) is 4.69. The van der Waals surface area contributed by atoms with E-state index < -0.39 is 10.9 Å². The summed E-state index contributed by atoms with van der Waals surface area (Å²) in [5, 5.41) is 19.5. The number of hydrogen-bond donors (Lipinski definition) is 1. The second-order valence-corrected chi connectivity index (χ2v) is 4.04. The largest absolute Gasteiger partial charge is 0.481 e. The van der Waals surface area contributed by atoms with Crippen LogP contribution in [0.2, 0.25) is 0 Å². The number of hydrogen-bond acceptors (Lipinski definition) is 5. The van der Waals surface area contributed by atoms with Crippen molar-refractivity contribution in [3.05, 3.63) is 40.0 Å². The molecule has 0 heterocycles. The summed E-state index contributed by atoms with van der Waals surface area (Å²) in [7, 11) is 1.51. The van der Waals surface area contributed by atoms with Gasteiger partial charge in [-0.2, -0.15) is 0 Å². The molecule has 0 fully saturated rings. The highest BCUT2D eigenvalue weighted by Gasteiger charge is 2.17. The van der Waals surface area contributed by atoms with Crippen LogP contribution in [0.15, 0.2) is 24.3 Å². The number of carboxylic acid groups (broad SMARTS) is 1. The molecule has 0 amide bonds. The van der Waals surface area contributed by atoms with Crippen molar-refractivity contribution in [1.29, 1.82) is 0 Å². The molecule has 1 rings (SSSR count). The second-order valence-electron chi connectivity index (χ2n) is 4.04. The van der Waals surface area contributed by atoms with Crippen LogP contribution in [0.4, 0.5) is 5.69 Å². The summed E-state index contributed by atoms with van der Waals surface area (Å²) in [6.07, 6.45) is 1.85. The van der Waals surface area contributed by atoms with Gasteiger partial charge >= 0.3 is 11.7 Å². The van der Waals surface area contributed by atoms with Gasteiger partial charge in [-0.15, -0.1) is 0 Å². The predicted molar refractivity (Wildman–Crippen MR) is 71.7 cm³/mol. The quantitative estimate of drug-likeness (QED) is 0.467. The molecular weight excluding hydrogens is 266 g/mol. The Labute approximate surface area is 115 Å². The number of aliphatic carboxylic acids is 1. The Morgan fingerprint density at radius 1 is 1.55 bits per heavy atom. The summed E-state index contributed by atoms with van der Waals surface area (Å²) in [5.74, 6) is -1.01. The summed E-state index contributed by atoms with van der Waals surface area (Å²) in [6, 6.07) is 4.24. The summed E-state index contributed by atoms with van der Waals surface area (Å²) < 4.78 is 10.3. The van der Waals surface area contributed by atoms with E-state index in [1.807, 2.05) is 0 Å². The normalized spacial score (nSPS) is 12.3. The Morgan fingerprint density at radius 2 is 2.25 bits per heavy atom. The topological polar surface area (TPSA) is 98.9 Å². The fourth-order valence-electron chi connectivity index (χ4n) is 1.53. The zero-order valence-corrected chi connectivity index (χ0v) is 11.1. The molecule has 0 bridgehead atoms. The van der Waals surface area contributed by atoms with Gasteiger partial charge in [-0.3, -0.25) is 10.1 Å². The van der Waals surface area contributed by atoms with Crippen LogP contribution >= 0.6 is 0 Å². The molecule has 0 radical (unpaired) electrons. The van der Waals surface area contributed by atoms with Gasteiger partial charge in [-0.05, 0) is 24.6 Å². The fraction of sp³-hybridized carbons (Fsp3) is 0.308. The van der Waals surface area contributed by atoms with Crippen LogP contribution in [0.3, 0.4) is 0 Å². The lowest BCUT2D eigenvalue weighted by Gasteiger charge is -2.13. The minimum absolute atomic E-state index is 0.118. The molecule has 1 unspecified atom stereocenters. The van der Waals surface area contributed by atoms with Gasteiger partial charge in [0.2, 0.25) is 0 Å². The number of rotatable bonds is 7. The highest BCUT2D eigenvalue weighted by molar-refractivity contribution is 5.85. The molecule has 1 N–H and O–H groups in total. The number of carbonyl (C=O) groups is 1. The minimum atomic E-state index is -1.12. The van der Waals surface area contributed by atoms with Crippen molar-refractivity contribution in [2.75, 3.05) is 13.7 Å². The van der Waals surface area contributed by atoms with Gasteiger partial charge in [0.25, 0.3) is 0 Å². The third-order valence-corrected chi connectivity index (χ3v) is 2.33. The number of carboxylic acids is 1. The predicted octanol–water partition coefficient (Wildman–Crippen LogP) is 2.11. The first-order valence-corrected chi connectivity index (χ1v) is 5.79. The van der Waals surface area contributed by atoms with Crippen molar-refractivity contribution < 1.29 is 24.3 Å². The molecule has 7 nitrogen and oxygen atoms in total. The molecule has 1 atom stereocenters. The molecule has 0 saturated carbocycles. The zero-order valence-electron chi connectivity index (χ0n) is 11.1. The molecule has 0 aliphatic heterocycles. The highest BCUT2D eigenvalue weighted by Crippen LogP contribution is 2.29. The Balaban J connectivity index is 3.01. The van der Waals surface area contributed by atoms with Gasteiger partial charge in [0.05, 0.1) is 11.5 Å². The Bertz CT molecular complexity index is 526. The van der Waals surface area contributed by atoms with Crippen LogP contribution in [0.25, 0.3) is 6.08 Å². The van der Waals surface area contributed by atoms with Crippen LogP contribution in [-0.2, 0) is 9.53 Å². The number of nitro benzene ring substituents is 1. The van der Waals surface area contributed by atoms with Gasteiger partial charge < -0.3 is 14.6 Å². The van der Waals surface area contributed by atoms with Gasteiger partial charge in [0.1, 0.15) is 6.10 Å². The highest BCUT2D eigenvalue weighted by atomic mass is 16.6. The Kier molecular flexibility index (Phi) is 5.67. The van der Waals surface area contributed by atoms with E-state index in [-0.39, 0.29) is 17.5 Å². The van der Waals surface area contributed by atoms with Crippen molar-refractivity contribution in [3.8, 4) is 5.75 Å². The van der Waals surface area contributed by atoms with E-state index in [0.717, 1.165) is 6.08 Å². The fourth-order valence-corrected chi connectivity index (χ4v) is 1.53. The average Bonchev–Trinajstić information content (AvgIpc) is 2.37. The van der Waals surface area contributed by atoms with E-state index in [4.69, 9.17) is 14.6 Å². The molecule has 0 aliphatic carbocycles. The van der Waals surface area contributed by atoms with E-state index in [1.54, 1.807) is 13.0 Å². The van der Waals surface area contributed by atoms with Crippen molar-refractivity contribution in [2.24, 2.45) is 0 Å². The van der Waals surface area contributed by atoms with Crippen molar-refractivity contribution in [1.82, 2.24) is 0 Å². The van der Waals surface area contributed by atoms with Gasteiger partial charge in [-0.1, -0.05) is 6.07 Å². The first-order chi connectivity index (χ1) is 9.43. The second kappa shape index (κ2) is 7.25. The summed E-state index contributed by atoms with van der Waals surface area (Å²) in [6.45, 7) is 2.03. The lowest BCUT2D eigenvalue weighted by Crippen LogP contribution is -2.18. The number of nitrogens with zero attached hydrogens (tertiary/aromatic N) is 1. The molecule has 0 aromatic heterocycles. The molecular formula is C13H15NO6. The number of benzene rings is 1. The Morgan fingerprint density at radius 3 is 2.80 bits per heavy atom. The zero-order chi connectivity index (χ0) is 15.1. The monoisotopic (exact) mass is 281 g/mol. The number of ether oxygens (including phenoxy) is 2. The maximum Gasteiger partial charge on any atom is 0.328 e. The van der Waals surface area contributed by atoms with Crippen LogP contribution in [0.5, 0.6) is 5.75 Å². The third-order valence-electron chi connectivity index (χ3n) is 2.33. The molecule has 0 saturated heterocycles. The molecule has 0 aliphatic rings. The van der Waals surface area contributed by atoms with Gasteiger partial charge in [0.15, 0.2) is 5.75 Å². The first-order valence-electron chi connectivity index (χ1n) is 5.79. The molecule has 7 heteroatoms. The molecule has 108 valence electrons. The van der Waals surface area contributed by atoms with E-state index in [1.165, 1.54) is 25.3 Å². The standard InChI is InChI=1S/C13H15NO6/c1-9(8-19-2)20-12-5-3-10(4-6-13(15)16)7-11(12)14(17)18/h3-7,9H,8H2,1-2H3,(H,15,16). The van der Waals surface area contributed by atoms with E-state index in [2.05, 4.69) is 0 Å². The maximum absolute atomic E-state index is 11.0. The smallest absolute Gasteiger partial charge is 0.328 e. The van der Waals surface area contributed by atoms with Crippen molar-refractivity contribution in [2.45, 2.75) is 13.0 Å². The van der Waals surface area contributed by atoms with E-state index >= 15 is 0 Å². The van der Waals surface area contributed by atoms with E-state index in [0.29, 0.717) is 12.2 Å². The number of nitro groups is 1. The summed E-state index contributed by atoms with van der Waals surface area (Å²) >= 11 is 0. The molecule has 1 aromatic rings. The van der Waals surface area contributed by atoms with Crippen LogP contribution in [-0.4, -0.2) is 35.8 Å². The molecule has 20 heavy (non-hydrogen) atoms. The van der Waals surface area contributed by atoms with Crippen LogP contribution in [0.1, 0.15) is 12.5 Å². The maximum atomic E-state index is 11.0. The molecule has 1 aromatic carbocycles. The first kappa shape index (κ1) is 15.6. The SMILES string of the molecule is COCC(C)Oc1ccc(C=CC(=O)O)cc1[N+](=O)[O-]. The van der Waals surface area contributed by atoms with Gasteiger partial charge in [0, 0.05) is 19.3 Å². The average molecular weight is 281 g/mol. The van der Waals surface area contributed by atoms with Gasteiger partial charge in [-0.25, -0.2) is 4.79 Å². The number of methoxy groups -OCH3 is 1. The Hall–Kier alpha value is -2.41. The lowest BCUT2D eigenvalue weighted by atomic mass is 10.1. The molecule has 0 spiro atoms. The lowest BCUT2D eigenvalue weighted by molar-refractivity contribution is -0.386. The minimum Gasteiger partial charge on any atom is -0.481 e.